The van der Waals surface area contributed by atoms with Gasteiger partial charge in [0, 0.05) is 12.1 Å². The van der Waals surface area contributed by atoms with Gasteiger partial charge in [0.25, 0.3) is 0 Å². The van der Waals surface area contributed by atoms with E-state index in [1.54, 1.807) is 4.40 Å². The van der Waals surface area contributed by atoms with E-state index in [0.717, 1.165) is 31.6 Å². The zero-order valence-electron chi connectivity index (χ0n) is 9.97. The second-order valence-electron chi connectivity index (χ2n) is 4.47. The topological polar surface area (TPSA) is 71.3 Å². The summed E-state index contributed by atoms with van der Waals surface area (Å²) in [5, 5.41) is 14.1. The van der Waals surface area contributed by atoms with Gasteiger partial charge in [-0.2, -0.15) is 0 Å². The average Bonchev–Trinajstić information content (AvgIpc) is 2.83. The number of piperidine rings is 1. The number of nitrogens with one attached hydrogen (secondary N) is 2. The predicted octanol–water partition coefficient (Wildman–Crippen LogP) is 0.667. The van der Waals surface area contributed by atoms with Crippen LogP contribution in [0, 0.1) is 5.92 Å². The number of fused-ring (bicyclic) bond motifs is 1. The molecular weight excluding hydrogens is 230 g/mol. The summed E-state index contributed by atoms with van der Waals surface area (Å²) >= 11 is 0. The first-order chi connectivity index (χ1) is 8.84. The molecule has 3 rings (SSSR count). The molecule has 1 aliphatic heterocycles. The highest BCUT2D eigenvalue weighted by Crippen LogP contribution is 2.15. The third kappa shape index (κ3) is 2.06. The lowest BCUT2D eigenvalue weighted by Crippen LogP contribution is -2.34. The second-order valence-corrected chi connectivity index (χ2v) is 4.47. The van der Waals surface area contributed by atoms with Gasteiger partial charge in [0.15, 0.2) is 5.65 Å². The summed E-state index contributed by atoms with van der Waals surface area (Å²) in [5.74, 6) is 0.603. The van der Waals surface area contributed by atoms with Gasteiger partial charge in [-0.05, 0) is 38.1 Å². The minimum absolute atomic E-state index is 0.0367. The predicted molar refractivity (Wildman–Crippen MR) is 67.2 cm³/mol. The molecule has 6 heteroatoms. The molecule has 2 aromatic rings. The van der Waals surface area contributed by atoms with Crippen LogP contribution in [-0.2, 0) is 4.79 Å². The Morgan fingerprint density at radius 3 is 3.00 bits per heavy atom. The maximum atomic E-state index is 12.1. The van der Waals surface area contributed by atoms with Crippen LogP contribution in [0.4, 0.5) is 5.95 Å². The molecular formula is C12H15N5O. The summed E-state index contributed by atoms with van der Waals surface area (Å²) in [6.45, 7) is 1.80. The molecule has 1 aliphatic rings. The molecule has 1 saturated heterocycles. The molecule has 0 aromatic carbocycles. The van der Waals surface area contributed by atoms with Crippen LogP contribution in [0.5, 0.6) is 0 Å². The van der Waals surface area contributed by atoms with Gasteiger partial charge in [-0.3, -0.25) is 14.5 Å². The zero-order valence-corrected chi connectivity index (χ0v) is 9.97. The summed E-state index contributed by atoms with van der Waals surface area (Å²) in [4.78, 5) is 12.1. The third-order valence-electron chi connectivity index (χ3n) is 3.26. The van der Waals surface area contributed by atoms with Gasteiger partial charge in [-0.15, -0.1) is 10.2 Å². The summed E-state index contributed by atoms with van der Waals surface area (Å²) in [6, 6.07) is 5.63. The van der Waals surface area contributed by atoms with E-state index in [-0.39, 0.29) is 11.8 Å². The summed E-state index contributed by atoms with van der Waals surface area (Å²) in [6.07, 6.45) is 3.60. The molecule has 0 aliphatic carbocycles. The second kappa shape index (κ2) is 4.73. The molecule has 0 bridgehead atoms. The lowest BCUT2D eigenvalue weighted by molar-refractivity contribution is -0.120. The number of carbonyl (C=O) groups is 1. The number of pyridine rings is 1. The highest BCUT2D eigenvalue weighted by Gasteiger charge is 2.22. The standard InChI is InChI=1S/C12H15N5O/c18-11(9-4-6-13-7-5-9)14-12-16-15-10-3-1-2-8-17(10)12/h1-3,8-9,13H,4-7H2,(H,14,16,18). The number of anilines is 1. The van der Waals surface area contributed by atoms with Crippen molar-refractivity contribution in [2.45, 2.75) is 12.8 Å². The smallest absolute Gasteiger partial charge is 0.235 e. The van der Waals surface area contributed by atoms with Crippen LogP contribution in [0.1, 0.15) is 12.8 Å². The van der Waals surface area contributed by atoms with Crippen molar-refractivity contribution in [2.75, 3.05) is 18.4 Å². The first kappa shape index (κ1) is 11.2. The van der Waals surface area contributed by atoms with Crippen molar-refractivity contribution in [3.05, 3.63) is 24.4 Å². The molecule has 0 unspecified atom stereocenters. The number of aromatic nitrogens is 3. The molecule has 3 heterocycles. The Balaban J connectivity index is 1.77. The number of hydrogen-bond acceptors (Lipinski definition) is 4. The Morgan fingerprint density at radius 1 is 1.33 bits per heavy atom. The van der Waals surface area contributed by atoms with Crippen LogP contribution in [0.2, 0.25) is 0 Å². The van der Waals surface area contributed by atoms with Crippen LogP contribution >= 0.6 is 0 Å². The first-order valence-electron chi connectivity index (χ1n) is 6.16. The van der Waals surface area contributed by atoms with Gasteiger partial charge in [0.05, 0.1) is 0 Å². The van der Waals surface area contributed by atoms with Crippen molar-refractivity contribution in [1.29, 1.82) is 0 Å². The molecule has 94 valence electrons. The molecule has 2 aromatic heterocycles. The third-order valence-corrected chi connectivity index (χ3v) is 3.26. The van der Waals surface area contributed by atoms with Gasteiger partial charge in [0.1, 0.15) is 0 Å². The van der Waals surface area contributed by atoms with Crippen LogP contribution < -0.4 is 10.6 Å². The van der Waals surface area contributed by atoms with Gasteiger partial charge >= 0.3 is 0 Å². The van der Waals surface area contributed by atoms with E-state index in [4.69, 9.17) is 0 Å². The Labute approximate surface area is 104 Å². The summed E-state index contributed by atoms with van der Waals surface area (Å²) in [7, 11) is 0. The fourth-order valence-electron chi connectivity index (χ4n) is 2.22. The highest BCUT2D eigenvalue weighted by atomic mass is 16.2. The molecule has 18 heavy (non-hydrogen) atoms. The maximum absolute atomic E-state index is 12.1. The zero-order chi connectivity index (χ0) is 12.4. The molecule has 6 nitrogen and oxygen atoms in total. The summed E-state index contributed by atoms with van der Waals surface area (Å²) in [5.41, 5.74) is 0.734. The Hall–Kier alpha value is -1.95. The number of nitrogens with zero attached hydrogens (tertiary/aromatic N) is 3. The number of carbonyl (C=O) groups excluding carboxylic acids is 1. The van der Waals surface area contributed by atoms with Crippen LogP contribution in [0.25, 0.3) is 5.65 Å². The van der Waals surface area contributed by atoms with Crippen LogP contribution in [0.15, 0.2) is 24.4 Å². The largest absolute Gasteiger partial charge is 0.317 e. The van der Waals surface area contributed by atoms with Crippen LogP contribution in [-0.4, -0.2) is 33.6 Å². The Bertz CT molecular complexity index is 558. The van der Waals surface area contributed by atoms with E-state index < -0.39 is 0 Å². The Kier molecular flexibility index (Phi) is 2.93. The van der Waals surface area contributed by atoms with Crippen molar-refractivity contribution in [1.82, 2.24) is 19.9 Å². The van der Waals surface area contributed by atoms with Crippen LogP contribution in [0.3, 0.4) is 0 Å². The van der Waals surface area contributed by atoms with Crippen molar-refractivity contribution in [3.8, 4) is 0 Å². The lowest BCUT2D eigenvalue weighted by atomic mass is 9.97. The number of amides is 1. The molecule has 1 amide bonds. The van der Waals surface area contributed by atoms with Crippen molar-refractivity contribution in [2.24, 2.45) is 5.92 Å². The monoisotopic (exact) mass is 245 g/mol. The summed E-state index contributed by atoms with van der Waals surface area (Å²) < 4.78 is 1.78. The Morgan fingerprint density at radius 2 is 2.17 bits per heavy atom. The maximum Gasteiger partial charge on any atom is 0.235 e. The van der Waals surface area contributed by atoms with E-state index in [1.165, 1.54) is 0 Å². The normalized spacial score (nSPS) is 16.9. The lowest BCUT2D eigenvalue weighted by Gasteiger charge is -2.21. The number of rotatable bonds is 2. The molecule has 2 N–H and O–H groups in total. The average molecular weight is 245 g/mol. The minimum Gasteiger partial charge on any atom is -0.317 e. The minimum atomic E-state index is 0.0367. The molecule has 0 radical (unpaired) electrons. The SMILES string of the molecule is O=C(Nc1nnc2ccccn12)C1CCNCC1. The first-order valence-corrected chi connectivity index (χ1v) is 6.16. The molecule has 1 fully saturated rings. The van der Waals surface area contributed by atoms with Gasteiger partial charge in [-0.25, -0.2) is 0 Å². The fraction of sp³-hybridized carbons (Fsp3) is 0.417. The quantitative estimate of drug-likeness (QED) is 0.815. The van der Waals surface area contributed by atoms with Gasteiger partial charge in [0.2, 0.25) is 11.9 Å². The van der Waals surface area contributed by atoms with E-state index in [0.29, 0.717) is 5.95 Å². The van der Waals surface area contributed by atoms with Gasteiger partial charge < -0.3 is 5.32 Å². The van der Waals surface area contributed by atoms with E-state index in [1.807, 2.05) is 24.4 Å². The van der Waals surface area contributed by atoms with Crippen molar-refractivity contribution >= 4 is 17.5 Å². The number of hydrogen-bond donors (Lipinski definition) is 2. The molecule has 0 saturated carbocycles. The highest BCUT2D eigenvalue weighted by molar-refractivity contribution is 5.91. The van der Waals surface area contributed by atoms with Crippen molar-refractivity contribution in [3.63, 3.8) is 0 Å². The van der Waals surface area contributed by atoms with E-state index in [9.17, 15) is 4.79 Å². The van der Waals surface area contributed by atoms with Gasteiger partial charge in [-0.1, -0.05) is 6.07 Å². The van der Waals surface area contributed by atoms with E-state index >= 15 is 0 Å². The van der Waals surface area contributed by atoms with Crippen molar-refractivity contribution < 1.29 is 4.79 Å². The molecule has 0 spiro atoms. The fourth-order valence-corrected chi connectivity index (χ4v) is 2.22. The molecule has 0 atom stereocenters. The van der Waals surface area contributed by atoms with E-state index in [2.05, 4.69) is 20.8 Å².